The highest BCUT2D eigenvalue weighted by Gasteiger charge is 2.24. The summed E-state index contributed by atoms with van der Waals surface area (Å²) in [5.74, 6) is -9.89. The van der Waals surface area contributed by atoms with E-state index in [1.165, 1.54) is 0 Å². The molecule has 0 spiro atoms. The molecule has 116 valence electrons. The summed E-state index contributed by atoms with van der Waals surface area (Å²) >= 11 is 0. The average Bonchev–Trinajstić information content (AvgIpc) is 2.52. The van der Waals surface area contributed by atoms with Gasteiger partial charge in [-0.15, -0.1) is 0 Å². The molecule has 0 saturated heterocycles. The highest BCUT2D eigenvalue weighted by Crippen LogP contribution is 2.21. The molecular weight excluding hydrogens is 301 g/mol. The number of rotatable bonds is 4. The number of aliphatic imine (C=N–C) groups is 1. The minimum absolute atomic E-state index is 0.377. The minimum atomic E-state index is -2.18. The van der Waals surface area contributed by atoms with Gasteiger partial charge in [-0.25, -0.2) is 22.0 Å². The fourth-order valence-electron chi connectivity index (χ4n) is 1.94. The molecule has 0 aromatic heterocycles. The molecule has 0 N–H and O–H groups in total. The first-order chi connectivity index (χ1) is 10.4. The molecule has 2 rings (SSSR count). The van der Waals surface area contributed by atoms with Crippen LogP contribution in [0.15, 0.2) is 35.3 Å². The molecule has 0 amide bonds. The highest BCUT2D eigenvalue weighted by molar-refractivity contribution is 5.80. The molecule has 0 bridgehead atoms. The second kappa shape index (κ2) is 6.68. The first kappa shape index (κ1) is 16.1. The molecule has 0 aliphatic heterocycles. The van der Waals surface area contributed by atoms with E-state index in [2.05, 4.69) is 4.99 Å². The van der Waals surface area contributed by atoms with Crippen molar-refractivity contribution in [3.05, 3.63) is 70.5 Å². The maximum Gasteiger partial charge on any atom is 0.200 e. The molecule has 1 nitrogen and oxygen atoms in total. The van der Waals surface area contributed by atoms with E-state index in [9.17, 15) is 22.0 Å². The second-order valence-corrected chi connectivity index (χ2v) is 4.80. The van der Waals surface area contributed by atoms with Crippen LogP contribution in [0.1, 0.15) is 18.1 Å². The lowest BCUT2D eigenvalue weighted by Crippen LogP contribution is -2.09. The van der Waals surface area contributed by atoms with Gasteiger partial charge in [-0.3, -0.25) is 4.99 Å². The van der Waals surface area contributed by atoms with Gasteiger partial charge in [-0.05, 0) is 18.9 Å². The van der Waals surface area contributed by atoms with E-state index in [4.69, 9.17) is 0 Å². The summed E-state index contributed by atoms with van der Waals surface area (Å²) in [4.78, 5) is 3.86. The van der Waals surface area contributed by atoms with Crippen LogP contribution in [0, 0.1) is 29.1 Å². The van der Waals surface area contributed by atoms with Crippen molar-refractivity contribution < 1.29 is 22.0 Å². The van der Waals surface area contributed by atoms with Crippen molar-refractivity contribution in [2.45, 2.75) is 19.4 Å². The third-order valence-corrected chi connectivity index (χ3v) is 3.08. The monoisotopic (exact) mass is 313 g/mol. The molecule has 0 heterocycles. The standard InChI is InChI=1S/C16H12F5N/c1-9(7-10-5-3-2-4-6-10)22-8-11-12(17)14(19)16(21)15(20)13(11)18/h2-6,8-9H,7H2,1H3. The van der Waals surface area contributed by atoms with Crippen molar-refractivity contribution in [3.8, 4) is 0 Å². The zero-order chi connectivity index (χ0) is 16.3. The van der Waals surface area contributed by atoms with Crippen molar-refractivity contribution >= 4 is 6.21 Å². The van der Waals surface area contributed by atoms with Gasteiger partial charge in [-0.2, -0.15) is 0 Å². The van der Waals surface area contributed by atoms with E-state index >= 15 is 0 Å². The molecule has 2 aromatic rings. The van der Waals surface area contributed by atoms with Gasteiger partial charge >= 0.3 is 0 Å². The van der Waals surface area contributed by atoms with Crippen LogP contribution >= 0.6 is 0 Å². The van der Waals surface area contributed by atoms with Crippen LogP contribution in [0.5, 0.6) is 0 Å². The van der Waals surface area contributed by atoms with Crippen molar-refractivity contribution in [2.24, 2.45) is 4.99 Å². The predicted octanol–water partition coefficient (Wildman–Crippen LogP) is 4.43. The lowest BCUT2D eigenvalue weighted by atomic mass is 10.1. The number of benzene rings is 2. The first-order valence-corrected chi connectivity index (χ1v) is 6.50. The summed E-state index contributed by atoms with van der Waals surface area (Å²) in [6.45, 7) is 1.68. The Morgan fingerprint density at radius 3 is 1.91 bits per heavy atom. The first-order valence-electron chi connectivity index (χ1n) is 6.50. The summed E-state index contributed by atoms with van der Waals surface area (Å²) in [7, 11) is 0. The Morgan fingerprint density at radius 2 is 1.36 bits per heavy atom. The van der Waals surface area contributed by atoms with Crippen molar-refractivity contribution in [3.63, 3.8) is 0 Å². The molecule has 1 unspecified atom stereocenters. The van der Waals surface area contributed by atoms with E-state index in [1.807, 2.05) is 30.3 Å². The number of nitrogens with zero attached hydrogens (tertiary/aromatic N) is 1. The molecule has 6 heteroatoms. The van der Waals surface area contributed by atoms with Gasteiger partial charge in [0.2, 0.25) is 5.82 Å². The minimum Gasteiger partial charge on any atom is -0.289 e. The van der Waals surface area contributed by atoms with Crippen LogP contribution in [-0.2, 0) is 6.42 Å². The van der Waals surface area contributed by atoms with E-state index in [0.29, 0.717) is 12.6 Å². The Bertz CT molecular complexity index is 668. The maximum atomic E-state index is 13.5. The van der Waals surface area contributed by atoms with Crippen LogP contribution in [-0.4, -0.2) is 12.3 Å². The number of hydrogen-bond donors (Lipinski definition) is 0. The van der Waals surface area contributed by atoms with Crippen LogP contribution in [0.25, 0.3) is 0 Å². The third kappa shape index (κ3) is 3.32. The van der Waals surface area contributed by atoms with Gasteiger partial charge in [0, 0.05) is 6.21 Å². The molecule has 2 aromatic carbocycles. The van der Waals surface area contributed by atoms with Crippen LogP contribution in [0.3, 0.4) is 0 Å². The highest BCUT2D eigenvalue weighted by atomic mass is 19.2. The number of halogens is 5. The Kier molecular flexibility index (Phi) is 4.90. The lowest BCUT2D eigenvalue weighted by molar-refractivity contribution is 0.377. The Labute approximate surface area is 124 Å². The average molecular weight is 313 g/mol. The predicted molar refractivity (Wildman–Crippen MR) is 73.4 cm³/mol. The number of hydrogen-bond acceptors (Lipinski definition) is 1. The molecule has 0 aliphatic rings. The molecular formula is C16H12F5N. The Morgan fingerprint density at radius 1 is 0.864 bits per heavy atom. The van der Waals surface area contributed by atoms with Crippen LogP contribution < -0.4 is 0 Å². The molecule has 0 aliphatic carbocycles. The summed E-state index contributed by atoms with van der Waals surface area (Å²) < 4.78 is 65.9. The Hall–Kier alpha value is -2.24. The normalized spacial score (nSPS) is 12.8. The van der Waals surface area contributed by atoms with Gasteiger partial charge in [0.1, 0.15) is 0 Å². The quantitative estimate of drug-likeness (QED) is 0.343. The zero-order valence-electron chi connectivity index (χ0n) is 11.6. The van der Waals surface area contributed by atoms with Crippen LogP contribution in [0.2, 0.25) is 0 Å². The molecule has 0 saturated carbocycles. The van der Waals surface area contributed by atoms with Gasteiger partial charge in [0.05, 0.1) is 11.6 Å². The van der Waals surface area contributed by atoms with Gasteiger partial charge in [0.15, 0.2) is 23.3 Å². The fraction of sp³-hybridized carbons (Fsp3) is 0.188. The largest absolute Gasteiger partial charge is 0.289 e. The molecule has 1 atom stereocenters. The lowest BCUT2D eigenvalue weighted by Gasteiger charge is -2.07. The smallest absolute Gasteiger partial charge is 0.200 e. The summed E-state index contributed by atoms with van der Waals surface area (Å²) in [6.07, 6.45) is 1.16. The SMILES string of the molecule is CC(Cc1ccccc1)N=Cc1c(F)c(F)c(F)c(F)c1F. The topological polar surface area (TPSA) is 12.4 Å². The van der Waals surface area contributed by atoms with Crippen molar-refractivity contribution in [1.29, 1.82) is 0 Å². The van der Waals surface area contributed by atoms with E-state index in [-0.39, 0.29) is 6.04 Å². The molecule has 0 radical (unpaired) electrons. The van der Waals surface area contributed by atoms with Crippen molar-refractivity contribution in [2.75, 3.05) is 0 Å². The molecule has 0 fully saturated rings. The van der Waals surface area contributed by atoms with E-state index < -0.39 is 34.6 Å². The summed E-state index contributed by atoms with van der Waals surface area (Å²) in [5, 5.41) is 0. The zero-order valence-corrected chi connectivity index (χ0v) is 11.6. The van der Waals surface area contributed by atoms with Gasteiger partial charge < -0.3 is 0 Å². The fourth-order valence-corrected chi connectivity index (χ4v) is 1.94. The Balaban J connectivity index is 2.23. The van der Waals surface area contributed by atoms with Crippen molar-refractivity contribution in [1.82, 2.24) is 0 Å². The van der Waals surface area contributed by atoms with Gasteiger partial charge in [0.25, 0.3) is 0 Å². The van der Waals surface area contributed by atoms with Gasteiger partial charge in [-0.1, -0.05) is 30.3 Å². The van der Waals surface area contributed by atoms with Crippen LogP contribution in [0.4, 0.5) is 22.0 Å². The molecule has 22 heavy (non-hydrogen) atoms. The van der Waals surface area contributed by atoms with E-state index in [1.54, 1.807) is 6.92 Å². The second-order valence-electron chi connectivity index (χ2n) is 4.80. The third-order valence-electron chi connectivity index (χ3n) is 3.08. The maximum absolute atomic E-state index is 13.5. The van der Waals surface area contributed by atoms with E-state index in [0.717, 1.165) is 5.56 Å². The summed E-state index contributed by atoms with van der Waals surface area (Å²) in [5.41, 5.74) is -0.0825. The summed E-state index contributed by atoms with van der Waals surface area (Å²) in [6, 6.07) is 8.82.